The van der Waals surface area contributed by atoms with E-state index >= 15 is 0 Å². The fourth-order valence-corrected chi connectivity index (χ4v) is 1.92. The first-order chi connectivity index (χ1) is 12.6. The Kier molecular flexibility index (Phi) is 6.99. The molecule has 0 spiro atoms. The molecule has 2 aromatic carbocycles. The number of hydrazone groups is 1. The topological polar surface area (TPSA) is 109 Å². The molecule has 0 radical (unpaired) electrons. The first kappa shape index (κ1) is 18.8. The standard InChI is InChI=1S/C18H19N3O5/c1-25-15-9-5-6-13(18(15)24)10-20-21-16(22)11-19-17(23)12-26-14-7-3-2-4-8-14/h2-10,24H,11-12H2,1H3,(H,19,23)(H,21,22)/b20-10-. The Labute approximate surface area is 150 Å². The molecule has 2 aromatic rings. The minimum Gasteiger partial charge on any atom is -0.504 e. The molecule has 0 aliphatic rings. The minimum absolute atomic E-state index is 0.0839. The lowest BCUT2D eigenvalue weighted by Gasteiger charge is -2.07. The molecule has 0 atom stereocenters. The van der Waals surface area contributed by atoms with Crippen LogP contribution in [0, 0.1) is 0 Å². The van der Waals surface area contributed by atoms with E-state index in [1.807, 2.05) is 6.07 Å². The summed E-state index contributed by atoms with van der Waals surface area (Å²) in [6, 6.07) is 13.7. The molecule has 0 aromatic heterocycles. The number of ether oxygens (including phenoxy) is 2. The lowest BCUT2D eigenvalue weighted by Crippen LogP contribution is -2.37. The Balaban J connectivity index is 1.72. The summed E-state index contributed by atoms with van der Waals surface area (Å²) in [5.41, 5.74) is 2.63. The fraction of sp³-hybridized carbons (Fsp3) is 0.167. The summed E-state index contributed by atoms with van der Waals surface area (Å²) in [7, 11) is 1.43. The molecule has 8 heteroatoms. The third-order valence-corrected chi connectivity index (χ3v) is 3.20. The van der Waals surface area contributed by atoms with Gasteiger partial charge in [0.15, 0.2) is 18.1 Å². The number of aromatic hydroxyl groups is 1. The highest BCUT2D eigenvalue weighted by molar-refractivity contribution is 5.88. The molecule has 0 aliphatic carbocycles. The number of phenolic OH excluding ortho intramolecular Hbond substituents is 1. The zero-order valence-corrected chi connectivity index (χ0v) is 14.1. The molecule has 0 unspecified atom stereocenters. The van der Waals surface area contributed by atoms with Crippen molar-refractivity contribution >= 4 is 18.0 Å². The monoisotopic (exact) mass is 357 g/mol. The van der Waals surface area contributed by atoms with Crippen LogP contribution in [0.25, 0.3) is 0 Å². The molecule has 2 rings (SSSR count). The first-order valence-electron chi connectivity index (χ1n) is 7.72. The van der Waals surface area contributed by atoms with Crippen LogP contribution in [-0.2, 0) is 9.59 Å². The molecule has 0 saturated carbocycles. The summed E-state index contributed by atoms with van der Waals surface area (Å²) in [6.45, 7) is -0.448. The van der Waals surface area contributed by atoms with Crippen LogP contribution in [0.5, 0.6) is 17.2 Å². The predicted octanol–water partition coefficient (Wildman–Crippen LogP) is 1.05. The zero-order chi connectivity index (χ0) is 18.8. The van der Waals surface area contributed by atoms with Gasteiger partial charge in [0.1, 0.15) is 5.75 Å². The van der Waals surface area contributed by atoms with Crippen LogP contribution >= 0.6 is 0 Å². The van der Waals surface area contributed by atoms with Crippen LogP contribution in [0.15, 0.2) is 53.6 Å². The number of methoxy groups -OCH3 is 1. The molecule has 0 heterocycles. The van der Waals surface area contributed by atoms with Crippen molar-refractivity contribution in [2.75, 3.05) is 20.3 Å². The third-order valence-electron chi connectivity index (χ3n) is 3.20. The Morgan fingerprint density at radius 2 is 1.88 bits per heavy atom. The summed E-state index contributed by atoms with van der Waals surface area (Å²) >= 11 is 0. The lowest BCUT2D eigenvalue weighted by molar-refractivity contribution is -0.127. The van der Waals surface area contributed by atoms with E-state index in [1.165, 1.54) is 13.3 Å². The van der Waals surface area contributed by atoms with Crippen LogP contribution in [0.2, 0.25) is 0 Å². The van der Waals surface area contributed by atoms with Gasteiger partial charge in [0.2, 0.25) is 0 Å². The molecule has 2 amide bonds. The number of carbonyl (C=O) groups excluding carboxylic acids is 2. The van der Waals surface area contributed by atoms with Crippen molar-refractivity contribution in [3.05, 3.63) is 54.1 Å². The Morgan fingerprint density at radius 1 is 1.12 bits per heavy atom. The van der Waals surface area contributed by atoms with Crippen LogP contribution < -0.4 is 20.2 Å². The van der Waals surface area contributed by atoms with Gasteiger partial charge in [0.05, 0.1) is 19.9 Å². The van der Waals surface area contributed by atoms with Crippen LogP contribution in [0.4, 0.5) is 0 Å². The first-order valence-corrected chi connectivity index (χ1v) is 7.72. The van der Waals surface area contributed by atoms with E-state index < -0.39 is 11.8 Å². The lowest BCUT2D eigenvalue weighted by atomic mass is 10.2. The largest absolute Gasteiger partial charge is 0.504 e. The molecule has 0 saturated heterocycles. The number of carbonyl (C=O) groups is 2. The zero-order valence-electron chi connectivity index (χ0n) is 14.1. The average Bonchev–Trinajstić information content (AvgIpc) is 2.67. The van der Waals surface area contributed by atoms with Crippen LogP contribution in [0.3, 0.4) is 0 Å². The van der Waals surface area contributed by atoms with Gasteiger partial charge in [-0.1, -0.05) is 24.3 Å². The van der Waals surface area contributed by atoms with Crippen molar-refractivity contribution < 1.29 is 24.2 Å². The average molecular weight is 357 g/mol. The second-order valence-corrected chi connectivity index (χ2v) is 5.07. The maximum atomic E-state index is 11.7. The second kappa shape index (κ2) is 9.67. The van der Waals surface area contributed by atoms with Crippen LogP contribution in [-0.4, -0.2) is 43.4 Å². The number of nitrogens with one attached hydrogen (secondary N) is 2. The second-order valence-electron chi connectivity index (χ2n) is 5.07. The Bertz CT molecular complexity index is 778. The van der Waals surface area contributed by atoms with Crippen molar-refractivity contribution in [3.63, 3.8) is 0 Å². The Hall–Kier alpha value is -3.55. The fourth-order valence-electron chi connectivity index (χ4n) is 1.92. The molecule has 0 bridgehead atoms. The van der Waals surface area contributed by atoms with Gasteiger partial charge in [0, 0.05) is 5.56 Å². The van der Waals surface area contributed by atoms with Gasteiger partial charge < -0.3 is 19.9 Å². The van der Waals surface area contributed by atoms with Gasteiger partial charge in [-0.3, -0.25) is 9.59 Å². The van der Waals surface area contributed by atoms with E-state index in [2.05, 4.69) is 15.8 Å². The minimum atomic E-state index is -0.517. The van der Waals surface area contributed by atoms with Gasteiger partial charge in [0.25, 0.3) is 11.8 Å². The number of phenols is 1. The van der Waals surface area contributed by atoms with Gasteiger partial charge in [-0.25, -0.2) is 5.43 Å². The molecule has 136 valence electrons. The molecule has 0 aliphatic heterocycles. The number of hydrogen-bond donors (Lipinski definition) is 3. The van der Waals surface area contributed by atoms with Crippen molar-refractivity contribution in [2.24, 2.45) is 5.10 Å². The molecule has 3 N–H and O–H groups in total. The van der Waals surface area contributed by atoms with Crippen molar-refractivity contribution in [1.29, 1.82) is 0 Å². The summed E-state index contributed by atoms with van der Waals surface area (Å²) in [5.74, 6) is -0.171. The SMILES string of the molecule is COc1cccc(/C=N\NC(=O)CNC(=O)COc2ccccc2)c1O. The third kappa shape index (κ3) is 5.82. The quantitative estimate of drug-likeness (QED) is 0.483. The van der Waals surface area contributed by atoms with Crippen molar-refractivity contribution in [2.45, 2.75) is 0 Å². The highest BCUT2D eigenvalue weighted by Gasteiger charge is 2.07. The van der Waals surface area contributed by atoms with E-state index in [0.717, 1.165) is 0 Å². The van der Waals surface area contributed by atoms with Crippen LogP contribution in [0.1, 0.15) is 5.56 Å². The van der Waals surface area contributed by atoms with E-state index in [-0.39, 0.29) is 18.9 Å². The van der Waals surface area contributed by atoms with E-state index in [9.17, 15) is 14.7 Å². The van der Waals surface area contributed by atoms with Gasteiger partial charge in [-0.15, -0.1) is 0 Å². The molecule has 0 fully saturated rings. The van der Waals surface area contributed by atoms with Crippen molar-refractivity contribution in [3.8, 4) is 17.2 Å². The van der Waals surface area contributed by atoms with E-state index in [4.69, 9.17) is 9.47 Å². The van der Waals surface area contributed by atoms with Gasteiger partial charge in [-0.2, -0.15) is 5.10 Å². The number of nitrogens with zero attached hydrogens (tertiary/aromatic N) is 1. The maximum absolute atomic E-state index is 11.7. The Morgan fingerprint density at radius 3 is 2.62 bits per heavy atom. The van der Waals surface area contributed by atoms with E-state index in [0.29, 0.717) is 17.1 Å². The smallest absolute Gasteiger partial charge is 0.259 e. The highest BCUT2D eigenvalue weighted by atomic mass is 16.5. The number of rotatable bonds is 8. The summed E-state index contributed by atoms with van der Waals surface area (Å²) < 4.78 is 10.2. The van der Waals surface area contributed by atoms with Gasteiger partial charge >= 0.3 is 0 Å². The number of para-hydroxylation sites is 2. The summed E-state index contributed by atoms with van der Waals surface area (Å²) in [6.07, 6.45) is 1.27. The maximum Gasteiger partial charge on any atom is 0.259 e. The molecular formula is C18H19N3O5. The molecular weight excluding hydrogens is 338 g/mol. The molecule has 8 nitrogen and oxygen atoms in total. The number of hydrogen-bond acceptors (Lipinski definition) is 6. The molecule has 26 heavy (non-hydrogen) atoms. The van der Waals surface area contributed by atoms with Gasteiger partial charge in [-0.05, 0) is 24.3 Å². The summed E-state index contributed by atoms with van der Waals surface area (Å²) in [4.78, 5) is 23.3. The van der Waals surface area contributed by atoms with Crippen molar-refractivity contribution in [1.82, 2.24) is 10.7 Å². The number of amides is 2. The summed E-state index contributed by atoms with van der Waals surface area (Å²) in [5, 5.41) is 16.0. The predicted molar refractivity (Wildman–Crippen MR) is 95.3 cm³/mol. The normalized spacial score (nSPS) is 10.3. The number of benzene rings is 2. The van der Waals surface area contributed by atoms with E-state index in [1.54, 1.807) is 42.5 Å². The highest BCUT2D eigenvalue weighted by Crippen LogP contribution is 2.27.